The summed E-state index contributed by atoms with van der Waals surface area (Å²) in [4.78, 5) is 6.20. The van der Waals surface area contributed by atoms with Gasteiger partial charge in [-0.25, -0.2) is 22.8 Å². The molecule has 1 unspecified atom stereocenters. The molecule has 0 N–H and O–H groups in total. The van der Waals surface area contributed by atoms with Crippen LogP contribution in [0.15, 0.2) is 81.4 Å². The largest absolute Gasteiger partial charge is 0.379 e. The summed E-state index contributed by atoms with van der Waals surface area (Å²) in [6.45, 7) is 1.53. The van der Waals surface area contributed by atoms with Gasteiger partial charge in [-0.1, -0.05) is 30.3 Å². The van der Waals surface area contributed by atoms with Crippen LogP contribution in [0, 0.1) is 5.82 Å². The molecule has 38 heavy (non-hydrogen) atoms. The molecule has 4 heterocycles. The average molecular weight is 636 g/mol. The molecule has 0 aliphatic carbocycles. The number of hydrogen-bond acceptors (Lipinski definition) is 8. The summed E-state index contributed by atoms with van der Waals surface area (Å²) in [5.74, 6) is -0.275. The third-order valence-electron chi connectivity index (χ3n) is 6.42. The molecule has 6 rings (SSSR count). The Hall–Kier alpha value is -2.48. The first kappa shape index (κ1) is 27.1. The van der Waals surface area contributed by atoms with E-state index in [9.17, 15) is 12.8 Å². The molecule has 0 saturated carbocycles. The zero-order chi connectivity index (χ0) is 25.4. The predicted molar refractivity (Wildman–Crippen MR) is 155 cm³/mol. The Morgan fingerprint density at radius 3 is 2.39 bits per heavy atom. The second kappa shape index (κ2) is 11.3. The molecule has 1 atom stereocenters. The SMILES string of the molecule is Br.O=S(=O)(c1ccc(-c2csc(N3N=C(c4cccs4)CC3c3ccc(F)cc3)n2)cc1)N1CCOCC1. The van der Waals surface area contributed by atoms with Crippen LogP contribution in [-0.4, -0.2) is 49.7 Å². The van der Waals surface area contributed by atoms with Gasteiger partial charge in [-0.3, -0.25) is 0 Å². The molecule has 2 aliphatic heterocycles. The first-order valence-electron chi connectivity index (χ1n) is 11.8. The fourth-order valence-electron chi connectivity index (χ4n) is 4.46. The minimum Gasteiger partial charge on any atom is -0.379 e. The van der Waals surface area contributed by atoms with E-state index >= 15 is 0 Å². The van der Waals surface area contributed by atoms with Crippen LogP contribution in [0.1, 0.15) is 22.9 Å². The Labute approximate surface area is 239 Å². The molecule has 198 valence electrons. The molecule has 0 spiro atoms. The lowest BCUT2D eigenvalue weighted by atomic mass is 10.0. The van der Waals surface area contributed by atoms with Crippen LogP contribution in [0.4, 0.5) is 9.52 Å². The molecule has 0 bridgehead atoms. The number of thiophene rings is 1. The topological polar surface area (TPSA) is 75.1 Å². The summed E-state index contributed by atoms with van der Waals surface area (Å²) in [5, 5.41) is 11.5. The van der Waals surface area contributed by atoms with Gasteiger partial charge in [0, 0.05) is 30.5 Å². The van der Waals surface area contributed by atoms with Crippen molar-refractivity contribution in [2.75, 3.05) is 31.3 Å². The third-order valence-corrected chi connectivity index (χ3v) is 10.1. The fourth-order valence-corrected chi connectivity index (χ4v) is 7.42. The monoisotopic (exact) mass is 634 g/mol. The van der Waals surface area contributed by atoms with Gasteiger partial charge in [-0.05, 0) is 41.3 Å². The van der Waals surface area contributed by atoms with Gasteiger partial charge in [0.2, 0.25) is 15.2 Å². The molecule has 12 heteroatoms. The Bertz CT molecular complexity index is 1520. The van der Waals surface area contributed by atoms with Gasteiger partial charge in [-0.2, -0.15) is 9.41 Å². The van der Waals surface area contributed by atoms with E-state index in [-0.39, 0.29) is 33.7 Å². The number of hydrazone groups is 1. The summed E-state index contributed by atoms with van der Waals surface area (Å²) in [5.41, 5.74) is 3.50. The number of morpholine rings is 1. The highest BCUT2D eigenvalue weighted by molar-refractivity contribution is 8.93. The van der Waals surface area contributed by atoms with Crippen molar-refractivity contribution in [2.45, 2.75) is 17.4 Å². The molecule has 2 aromatic heterocycles. The van der Waals surface area contributed by atoms with Crippen molar-refractivity contribution in [2.24, 2.45) is 5.10 Å². The van der Waals surface area contributed by atoms with E-state index in [2.05, 4.69) is 6.07 Å². The zero-order valence-corrected chi connectivity index (χ0v) is 24.2. The lowest BCUT2D eigenvalue weighted by Gasteiger charge is -2.26. The van der Waals surface area contributed by atoms with Crippen LogP contribution >= 0.6 is 39.7 Å². The Morgan fingerprint density at radius 1 is 0.974 bits per heavy atom. The predicted octanol–water partition coefficient (Wildman–Crippen LogP) is 5.97. The van der Waals surface area contributed by atoms with Crippen LogP contribution in [-0.2, 0) is 14.8 Å². The van der Waals surface area contributed by atoms with Crippen molar-refractivity contribution in [1.29, 1.82) is 0 Å². The summed E-state index contributed by atoms with van der Waals surface area (Å²) < 4.78 is 46.2. The molecule has 2 aromatic carbocycles. The van der Waals surface area contributed by atoms with Crippen molar-refractivity contribution in [3.8, 4) is 11.3 Å². The number of anilines is 1. The van der Waals surface area contributed by atoms with Gasteiger partial charge in [0.15, 0.2) is 0 Å². The standard InChI is InChI=1S/C26H23FN4O3S3.BrH/c27-20-7-3-19(4-8-20)24-16-22(25-2-1-15-35-25)29-31(24)26-28-23(17-36-26)18-5-9-21(10-6-18)37(32,33)30-11-13-34-14-12-30;/h1-10,15,17,24H,11-14,16H2;1H. The van der Waals surface area contributed by atoms with Gasteiger partial charge >= 0.3 is 0 Å². The number of aromatic nitrogens is 1. The Kier molecular flexibility index (Phi) is 8.08. The first-order chi connectivity index (χ1) is 18.0. The smallest absolute Gasteiger partial charge is 0.243 e. The van der Waals surface area contributed by atoms with Gasteiger partial charge in [0.05, 0.1) is 40.4 Å². The second-order valence-corrected chi connectivity index (χ2v) is 12.4. The molecule has 7 nitrogen and oxygen atoms in total. The quantitative estimate of drug-likeness (QED) is 0.261. The molecule has 0 radical (unpaired) electrons. The summed E-state index contributed by atoms with van der Waals surface area (Å²) in [6.07, 6.45) is 0.690. The number of ether oxygens (including phenoxy) is 1. The van der Waals surface area contributed by atoms with E-state index in [4.69, 9.17) is 14.8 Å². The van der Waals surface area contributed by atoms with E-state index in [0.29, 0.717) is 32.7 Å². The second-order valence-electron chi connectivity index (χ2n) is 8.70. The average Bonchev–Trinajstić information content (AvgIpc) is 3.70. The molecular weight excluding hydrogens is 611 g/mol. The number of nitrogens with zero attached hydrogens (tertiary/aromatic N) is 4. The van der Waals surface area contributed by atoms with Crippen molar-refractivity contribution in [3.05, 3.63) is 87.7 Å². The number of hydrogen-bond donors (Lipinski definition) is 0. The van der Waals surface area contributed by atoms with E-state index in [1.807, 2.05) is 21.8 Å². The summed E-state index contributed by atoms with van der Waals surface area (Å²) in [7, 11) is -3.55. The maximum atomic E-state index is 13.6. The molecule has 1 saturated heterocycles. The molecule has 1 fully saturated rings. The van der Waals surface area contributed by atoms with Crippen molar-refractivity contribution in [3.63, 3.8) is 0 Å². The van der Waals surface area contributed by atoms with Crippen LogP contribution < -0.4 is 5.01 Å². The minimum absolute atomic E-state index is 0. The van der Waals surface area contributed by atoms with E-state index in [1.165, 1.54) is 27.8 Å². The minimum atomic E-state index is -3.55. The van der Waals surface area contributed by atoms with E-state index in [1.54, 1.807) is 47.7 Å². The third kappa shape index (κ3) is 5.33. The molecule has 4 aromatic rings. The van der Waals surface area contributed by atoms with Crippen molar-refractivity contribution < 1.29 is 17.5 Å². The normalized spacial score (nSPS) is 18.3. The zero-order valence-electron chi connectivity index (χ0n) is 20.1. The van der Waals surface area contributed by atoms with E-state index in [0.717, 1.165) is 32.5 Å². The number of sulfonamides is 1. The van der Waals surface area contributed by atoms with Crippen LogP contribution in [0.2, 0.25) is 0 Å². The number of benzene rings is 2. The van der Waals surface area contributed by atoms with Gasteiger partial charge in [-0.15, -0.1) is 39.7 Å². The number of halogens is 2. The summed E-state index contributed by atoms with van der Waals surface area (Å²) in [6, 6.07) is 17.3. The van der Waals surface area contributed by atoms with Gasteiger partial charge in [0.1, 0.15) is 5.82 Å². The number of thiazole rings is 1. The summed E-state index contributed by atoms with van der Waals surface area (Å²) >= 11 is 3.11. The Balaban J connectivity index is 0.00000294. The molecular formula is C26H24BrFN4O3S3. The van der Waals surface area contributed by atoms with E-state index < -0.39 is 10.0 Å². The highest BCUT2D eigenvalue weighted by Crippen LogP contribution is 2.40. The van der Waals surface area contributed by atoms with Crippen LogP contribution in [0.3, 0.4) is 0 Å². The lowest BCUT2D eigenvalue weighted by Crippen LogP contribution is -2.40. The highest BCUT2D eigenvalue weighted by Gasteiger charge is 2.32. The van der Waals surface area contributed by atoms with Crippen molar-refractivity contribution >= 4 is 60.5 Å². The lowest BCUT2D eigenvalue weighted by molar-refractivity contribution is 0.0730. The maximum Gasteiger partial charge on any atom is 0.243 e. The van der Waals surface area contributed by atoms with Crippen LogP contribution in [0.25, 0.3) is 11.3 Å². The maximum absolute atomic E-state index is 13.6. The Morgan fingerprint density at radius 2 is 1.71 bits per heavy atom. The van der Waals surface area contributed by atoms with Gasteiger partial charge in [0.25, 0.3) is 0 Å². The molecule has 2 aliphatic rings. The van der Waals surface area contributed by atoms with Crippen molar-refractivity contribution in [1.82, 2.24) is 9.29 Å². The number of rotatable bonds is 6. The fraction of sp³-hybridized carbons (Fsp3) is 0.231. The molecule has 0 amide bonds. The van der Waals surface area contributed by atoms with Gasteiger partial charge < -0.3 is 4.74 Å². The highest BCUT2D eigenvalue weighted by atomic mass is 79.9. The van der Waals surface area contributed by atoms with Crippen LogP contribution in [0.5, 0.6) is 0 Å². The first-order valence-corrected chi connectivity index (χ1v) is 15.0.